The van der Waals surface area contributed by atoms with Crippen LogP contribution in [-0.2, 0) is 13.0 Å². The summed E-state index contributed by atoms with van der Waals surface area (Å²) >= 11 is 1.70. The number of ether oxygens (including phenoxy) is 1. The van der Waals surface area contributed by atoms with Crippen molar-refractivity contribution in [1.29, 1.82) is 0 Å². The first-order valence-corrected chi connectivity index (χ1v) is 6.66. The van der Waals surface area contributed by atoms with Crippen molar-refractivity contribution in [2.75, 3.05) is 7.11 Å². The third-order valence-corrected chi connectivity index (χ3v) is 3.73. The first-order chi connectivity index (χ1) is 8.30. The standard InChI is InChI=1S/C14H17NOS/c1-3-10-6-11(4-5-14(10)16-2)13-9-17-8-12(13)7-15/h4-6,8-9H,3,7,15H2,1-2H3. The lowest BCUT2D eigenvalue weighted by Gasteiger charge is -2.09. The van der Waals surface area contributed by atoms with E-state index in [0.717, 1.165) is 12.2 Å². The molecule has 1 aromatic heterocycles. The summed E-state index contributed by atoms with van der Waals surface area (Å²) in [6, 6.07) is 6.32. The van der Waals surface area contributed by atoms with Gasteiger partial charge in [-0.15, -0.1) is 0 Å². The molecule has 0 atom stereocenters. The summed E-state index contributed by atoms with van der Waals surface area (Å²) in [5.74, 6) is 0.959. The third kappa shape index (κ3) is 2.35. The largest absolute Gasteiger partial charge is 0.496 e. The monoisotopic (exact) mass is 247 g/mol. The molecule has 0 aliphatic heterocycles. The van der Waals surface area contributed by atoms with Gasteiger partial charge in [-0.25, -0.2) is 0 Å². The summed E-state index contributed by atoms with van der Waals surface area (Å²) in [6.45, 7) is 2.73. The van der Waals surface area contributed by atoms with Gasteiger partial charge in [0, 0.05) is 6.54 Å². The number of hydrogen-bond donors (Lipinski definition) is 1. The van der Waals surface area contributed by atoms with Crippen molar-refractivity contribution in [1.82, 2.24) is 0 Å². The molecule has 2 rings (SSSR count). The Balaban J connectivity index is 2.46. The topological polar surface area (TPSA) is 35.2 Å². The molecule has 0 radical (unpaired) electrons. The molecule has 0 saturated carbocycles. The van der Waals surface area contributed by atoms with Gasteiger partial charge >= 0.3 is 0 Å². The Morgan fingerprint density at radius 3 is 2.71 bits per heavy atom. The van der Waals surface area contributed by atoms with E-state index in [1.165, 1.54) is 22.3 Å². The summed E-state index contributed by atoms with van der Waals surface area (Å²) < 4.78 is 5.34. The highest BCUT2D eigenvalue weighted by molar-refractivity contribution is 7.08. The Morgan fingerprint density at radius 2 is 2.06 bits per heavy atom. The molecule has 2 aromatic rings. The third-order valence-electron chi connectivity index (χ3n) is 2.93. The van der Waals surface area contributed by atoms with Gasteiger partial charge < -0.3 is 10.5 Å². The number of aryl methyl sites for hydroxylation is 1. The molecule has 0 amide bonds. The molecule has 0 fully saturated rings. The summed E-state index contributed by atoms with van der Waals surface area (Å²) in [4.78, 5) is 0. The van der Waals surface area contributed by atoms with Crippen LogP contribution < -0.4 is 10.5 Å². The molecular formula is C14H17NOS. The fourth-order valence-electron chi connectivity index (χ4n) is 1.96. The molecule has 2 N–H and O–H groups in total. The minimum atomic E-state index is 0.590. The quantitative estimate of drug-likeness (QED) is 0.898. The van der Waals surface area contributed by atoms with Crippen LogP contribution in [0.4, 0.5) is 0 Å². The Morgan fingerprint density at radius 1 is 1.24 bits per heavy atom. The second-order valence-corrected chi connectivity index (χ2v) is 4.64. The molecule has 0 aliphatic rings. The Hall–Kier alpha value is -1.32. The zero-order valence-corrected chi connectivity index (χ0v) is 11.0. The average molecular weight is 247 g/mol. The molecule has 90 valence electrons. The van der Waals surface area contributed by atoms with Gasteiger partial charge in [-0.05, 0) is 51.6 Å². The van der Waals surface area contributed by atoms with Gasteiger partial charge in [0.25, 0.3) is 0 Å². The summed E-state index contributed by atoms with van der Waals surface area (Å²) in [5.41, 5.74) is 10.7. The second-order valence-electron chi connectivity index (χ2n) is 3.90. The summed E-state index contributed by atoms with van der Waals surface area (Å²) in [7, 11) is 1.71. The maximum absolute atomic E-state index is 5.74. The van der Waals surface area contributed by atoms with Crippen molar-refractivity contribution >= 4 is 11.3 Å². The maximum atomic E-state index is 5.74. The van der Waals surface area contributed by atoms with E-state index in [4.69, 9.17) is 10.5 Å². The van der Waals surface area contributed by atoms with Crippen molar-refractivity contribution in [2.24, 2.45) is 5.73 Å². The average Bonchev–Trinajstić information content (AvgIpc) is 2.86. The van der Waals surface area contributed by atoms with Gasteiger partial charge in [-0.1, -0.05) is 13.0 Å². The number of rotatable bonds is 4. The van der Waals surface area contributed by atoms with E-state index in [0.29, 0.717) is 6.54 Å². The normalized spacial score (nSPS) is 10.5. The first-order valence-electron chi connectivity index (χ1n) is 5.72. The van der Waals surface area contributed by atoms with E-state index in [1.807, 2.05) is 6.07 Å². The minimum absolute atomic E-state index is 0.590. The van der Waals surface area contributed by atoms with Crippen LogP contribution in [0.2, 0.25) is 0 Å². The molecule has 0 unspecified atom stereocenters. The van der Waals surface area contributed by atoms with E-state index >= 15 is 0 Å². The summed E-state index contributed by atoms with van der Waals surface area (Å²) in [5, 5.41) is 4.27. The molecule has 1 heterocycles. The lowest BCUT2D eigenvalue weighted by Crippen LogP contribution is -1.96. The van der Waals surface area contributed by atoms with E-state index in [2.05, 4.69) is 29.8 Å². The van der Waals surface area contributed by atoms with Crippen LogP contribution in [0.15, 0.2) is 29.0 Å². The number of nitrogens with two attached hydrogens (primary N) is 1. The van der Waals surface area contributed by atoms with E-state index in [1.54, 1.807) is 18.4 Å². The maximum Gasteiger partial charge on any atom is 0.122 e. The van der Waals surface area contributed by atoms with Gasteiger partial charge in [0.05, 0.1) is 7.11 Å². The van der Waals surface area contributed by atoms with Crippen LogP contribution in [0, 0.1) is 0 Å². The molecule has 1 aromatic carbocycles. The minimum Gasteiger partial charge on any atom is -0.496 e. The Kier molecular flexibility index (Phi) is 3.82. The lowest BCUT2D eigenvalue weighted by molar-refractivity contribution is 0.410. The number of thiophene rings is 1. The van der Waals surface area contributed by atoms with E-state index < -0.39 is 0 Å². The molecule has 0 saturated heterocycles. The fraction of sp³-hybridized carbons (Fsp3) is 0.286. The fourth-order valence-corrected chi connectivity index (χ4v) is 2.84. The number of benzene rings is 1. The predicted octanol–water partition coefficient (Wildman–Crippen LogP) is 3.44. The Bertz CT molecular complexity index is 505. The number of methoxy groups -OCH3 is 1. The molecule has 0 aliphatic carbocycles. The Labute approximate surface area is 106 Å². The van der Waals surface area contributed by atoms with Gasteiger partial charge in [0.1, 0.15) is 5.75 Å². The molecule has 3 heteroatoms. The van der Waals surface area contributed by atoms with Crippen molar-refractivity contribution in [3.63, 3.8) is 0 Å². The zero-order chi connectivity index (χ0) is 12.3. The van der Waals surface area contributed by atoms with Crippen LogP contribution in [-0.4, -0.2) is 7.11 Å². The van der Waals surface area contributed by atoms with Gasteiger partial charge in [-0.3, -0.25) is 0 Å². The van der Waals surface area contributed by atoms with Crippen LogP contribution >= 0.6 is 11.3 Å². The number of hydrogen-bond acceptors (Lipinski definition) is 3. The van der Waals surface area contributed by atoms with Crippen molar-refractivity contribution < 1.29 is 4.74 Å². The van der Waals surface area contributed by atoms with Crippen molar-refractivity contribution in [3.8, 4) is 16.9 Å². The van der Waals surface area contributed by atoms with Crippen molar-refractivity contribution in [3.05, 3.63) is 40.1 Å². The van der Waals surface area contributed by atoms with Crippen LogP contribution in [0.1, 0.15) is 18.1 Å². The summed E-state index contributed by atoms with van der Waals surface area (Å²) in [6.07, 6.45) is 0.971. The van der Waals surface area contributed by atoms with Crippen LogP contribution in [0.3, 0.4) is 0 Å². The van der Waals surface area contributed by atoms with Crippen LogP contribution in [0.5, 0.6) is 5.75 Å². The highest BCUT2D eigenvalue weighted by Crippen LogP contribution is 2.31. The highest BCUT2D eigenvalue weighted by atomic mass is 32.1. The van der Waals surface area contributed by atoms with Gasteiger partial charge in [0.15, 0.2) is 0 Å². The lowest BCUT2D eigenvalue weighted by atomic mass is 10.0. The van der Waals surface area contributed by atoms with E-state index in [-0.39, 0.29) is 0 Å². The second kappa shape index (κ2) is 5.34. The molecule has 2 nitrogen and oxygen atoms in total. The van der Waals surface area contributed by atoms with Gasteiger partial charge in [0.2, 0.25) is 0 Å². The van der Waals surface area contributed by atoms with Gasteiger partial charge in [-0.2, -0.15) is 11.3 Å². The highest BCUT2D eigenvalue weighted by Gasteiger charge is 2.08. The molecule has 0 spiro atoms. The zero-order valence-electron chi connectivity index (χ0n) is 10.2. The first kappa shape index (κ1) is 12.1. The smallest absolute Gasteiger partial charge is 0.122 e. The van der Waals surface area contributed by atoms with Crippen LogP contribution in [0.25, 0.3) is 11.1 Å². The molecule has 0 bridgehead atoms. The predicted molar refractivity (Wildman–Crippen MR) is 73.6 cm³/mol. The van der Waals surface area contributed by atoms with E-state index in [9.17, 15) is 0 Å². The van der Waals surface area contributed by atoms with Crippen molar-refractivity contribution in [2.45, 2.75) is 19.9 Å². The molecule has 17 heavy (non-hydrogen) atoms. The SMILES string of the molecule is CCc1cc(-c2cscc2CN)ccc1OC. The molecular weight excluding hydrogens is 230 g/mol.